The van der Waals surface area contributed by atoms with Gasteiger partial charge in [-0.15, -0.1) is 0 Å². The second-order valence-electron chi connectivity index (χ2n) is 6.71. The fraction of sp³-hybridized carbons (Fsp3) is 0.857. The summed E-state index contributed by atoms with van der Waals surface area (Å²) in [4.78, 5) is 0. The summed E-state index contributed by atoms with van der Waals surface area (Å²) >= 11 is 0. The Balaban J connectivity index is -0.000000270. The first-order chi connectivity index (χ1) is 7.91. The molecule has 2 heterocycles. The molecule has 2 aliphatic heterocycles. The molecular weight excluding hydrogens is 481 g/mol. The molecule has 121 valence electrons. The van der Waals surface area contributed by atoms with Crippen LogP contribution in [0.4, 0.5) is 0 Å². The van der Waals surface area contributed by atoms with Gasteiger partial charge in [-0.25, -0.2) is 0 Å². The monoisotopic (exact) mass is 511 g/mol. The van der Waals surface area contributed by atoms with E-state index in [1.54, 1.807) is 0 Å². The summed E-state index contributed by atoms with van der Waals surface area (Å²) in [6.07, 6.45) is 0. The molecule has 2 rings (SSSR count). The van der Waals surface area contributed by atoms with Gasteiger partial charge in [0.15, 0.2) is 0 Å². The minimum atomic E-state index is -0.188. The van der Waals surface area contributed by atoms with Crippen LogP contribution in [0.25, 0.3) is 0 Å². The third-order valence-corrected chi connectivity index (χ3v) is 4.27. The molecule has 0 aromatic carbocycles. The van der Waals surface area contributed by atoms with Crippen LogP contribution in [0.2, 0.25) is 0 Å². The van der Waals surface area contributed by atoms with E-state index in [-0.39, 0.29) is 81.3 Å². The number of hydrogen-bond donors (Lipinski definition) is 0. The van der Waals surface area contributed by atoms with E-state index in [1.165, 1.54) is 15.4 Å². The van der Waals surface area contributed by atoms with E-state index in [9.17, 15) is 0 Å². The Morgan fingerprint density at radius 1 is 0.476 bits per heavy atom. The van der Waals surface area contributed by atoms with Crippen molar-refractivity contribution >= 4 is 15.4 Å². The van der Waals surface area contributed by atoms with E-state index in [2.05, 4.69) is 0 Å². The Kier molecular flexibility index (Phi) is 11.7. The van der Waals surface area contributed by atoms with Crippen molar-refractivity contribution in [3.63, 3.8) is 0 Å². The molecule has 0 amide bonds. The molecule has 21 heavy (non-hydrogen) atoms. The third-order valence-electron chi connectivity index (χ3n) is 4.27. The Labute approximate surface area is 169 Å². The summed E-state index contributed by atoms with van der Waals surface area (Å²) in [5, 5.41) is 0. The molecule has 0 aromatic heterocycles. The maximum absolute atomic E-state index is 5.21. The van der Waals surface area contributed by atoms with Crippen LogP contribution in [0.5, 0.6) is 0 Å². The second-order valence-corrected chi connectivity index (χ2v) is 6.71. The average Bonchev–Trinajstić information content (AvgIpc) is 2.51. The van der Waals surface area contributed by atoms with E-state index in [0.29, 0.717) is 0 Å². The van der Waals surface area contributed by atoms with E-state index in [1.807, 2.05) is 55.4 Å². The average molecular weight is 511 g/mol. The van der Waals surface area contributed by atoms with Crippen LogP contribution in [0.1, 0.15) is 55.4 Å². The van der Waals surface area contributed by atoms with E-state index in [0.717, 1.165) is 0 Å². The molecular formula is C14H30AcB2O4-2. The predicted octanol–water partition coefficient (Wildman–Crippen LogP) is 3.15. The van der Waals surface area contributed by atoms with Crippen molar-refractivity contribution in [2.75, 3.05) is 0 Å². The van der Waals surface area contributed by atoms with Crippen molar-refractivity contribution in [1.82, 2.24) is 0 Å². The van der Waals surface area contributed by atoms with Gasteiger partial charge in [-0.1, -0.05) is 0 Å². The molecule has 0 bridgehead atoms. The SMILES string of the molecule is CC1(C)O[B]OC1(C)C.CC1(C)O[B]OC1(C)C.[Ac].[CH3-].[CH3-]. The Morgan fingerprint density at radius 2 is 0.619 bits per heavy atom. The van der Waals surface area contributed by atoms with E-state index < -0.39 is 0 Å². The van der Waals surface area contributed by atoms with Gasteiger partial charge in [0.2, 0.25) is 0 Å². The van der Waals surface area contributed by atoms with Gasteiger partial charge in [0.25, 0.3) is 0 Å². The molecule has 2 aliphatic rings. The van der Waals surface area contributed by atoms with Gasteiger partial charge in [-0.2, -0.15) is 0 Å². The van der Waals surface area contributed by atoms with Crippen LogP contribution in [-0.2, 0) is 18.6 Å². The van der Waals surface area contributed by atoms with E-state index in [4.69, 9.17) is 18.6 Å². The van der Waals surface area contributed by atoms with Gasteiger partial charge in [0.05, 0.1) is 22.4 Å². The van der Waals surface area contributed by atoms with Crippen LogP contribution >= 0.6 is 0 Å². The van der Waals surface area contributed by atoms with Crippen LogP contribution in [-0.4, -0.2) is 37.8 Å². The van der Waals surface area contributed by atoms with Crippen molar-refractivity contribution in [2.45, 2.75) is 77.8 Å². The molecule has 2 saturated heterocycles. The molecule has 0 N–H and O–H groups in total. The first kappa shape index (κ1) is 27.3. The van der Waals surface area contributed by atoms with Crippen molar-refractivity contribution in [3.8, 4) is 0 Å². The maximum Gasteiger partial charge on any atom is 0.488 e. The van der Waals surface area contributed by atoms with Crippen molar-refractivity contribution in [1.29, 1.82) is 0 Å². The zero-order valence-electron chi connectivity index (χ0n) is 15.4. The molecule has 0 atom stereocenters. The number of rotatable bonds is 0. The predicted molar refractivity (Wildman–Crippen MR) is 85.0 cm³/mol. The van der Waals surface area contributed by atoms with Crippen LogP contribution < -0.4 is 0 Å². The smallest absolute Gasteiger partial charge is 0.405 e. The first-order valence-corrected chi connectivity index (χ1v) is 6.26. The molecule has 0 unspecified atom stereocenters. The minimum absolute atomic E-state index is 0. The Morgan fingerprint density at radius 3 is 0.667 bits per heavy atom. The normalized spacial score (nSPS) is 25.5. The zero-order valence-corrected chi connectivity index (χ0v) is 20.1. The van der Waals surface area contributed by atoms with E-state index >= 15 is 0 Å². The van der Waals surface area contributed by atoms with Crippen molar-refractivity contribution < 1.29 is 62.7 Å². The van der Waals surface area contributed by atoms with Gasteiger partial charge in [-0.3, -0.25) is 0 Å². The maximum atomic E-state index is 5.21. The van der Waals surface area contributed by atoms with Gasteiger partial charge in [0, 0.05) is 44.1 Å². The summed E-state index contributed by atoms with van der Waals surface area (Å²) in [7, 11) is 2.83. The standard InChI is InChI=1S/2C6H12BO2.2CH3.Ac/c2*1-5(2)6(3,4)9-7-8-5;;;/h2*1-4H3;2*1H3;/q;;2*-1;. The molecule has 0 spiro atoms. The molecule has 3 radical (unpaired) electrons. The summed E-state index contributed by atoms with van der Waals surface area (Å²) in [5.41, 5.74) is -0.750. The van der Waals surface area contributed by atoms with Crippen LogP contribution in [0.15, 0.2) is 0 Å². The molecule has 0 aliphatic carbocycles. The first-order valence-electron chi connectivity index (χ1n) is 6.26. The Hall–Kier alpha value is 1.41. The topological polar surface area (TPSA) is 36.9 Å². The fourth-order valence-corrected chi connectivity index (χ4v) is 1.10. The van der Waals surface area contributed by atoms with Crippen LogP contribution in [0, 0.1) is 58.9 Å². The number of hydrogen-bond acceptors (Lipinski definition) is 4. The van der Waals surface area contributed by atoms with Crippen molar-refractivity contribution in [2.24, 2.45) is 0 Å². The van der Waals surface area contributed by atoms with Gasteiger partial charge < -0.3 is 33.5 Å². The third kappa shape index (κ3) is 6.43. The summed E-state index contributed by atoms with van der Waals surface area (Å²) in [6, 6.07) is 0. The molecule has 7 heteroatoms. The van der Waals surface area contributed by atoms with Crippen LogP contribution in [0.3, 0.4) is 0 Å². The second kappa shape index (κ2) is 9.04. The van der Waals surface area contributed by atoms with Crippen molar-refractivity contribution in [3.05, 3.63) is 14.9 Å². The van der Waals surface area contributed by atoms with Gasteiger partial charge in [0.1, 0.15) is 0 Å². The van der Waals surface area contributed by atoms with Gasteiger partial charge in [-0.05, 0) is 55.4 Å². The molecule has 2 fully saturated rings. The molecule has 0 saturated carbocycles. The largest absolute Gasteiger partial charge is 0.488 e. The zero-order chi connectivity index (χ0) is 14.2. The minimum Gasteiger partial charge on any atom is -0.405 e. The summed E-state index contributed by atoms with van der Waals surface area (Å²) in [5.74, 6) is 0. The fourth-order valence-electron chi connectivity index (χ4n) is 1.10. The molecule has 4 nitrogen and oxygen atoms in total. The quantitative estimate of drug-likeness (QED) is 0.371. The molecule has 0 aromatic rings. The summed E-state index contributed by atoms with van der Waals surface area (Å²) < 4.78 is 20.8. The summed E-state index contributed by atoms with van der Waals surface area (Å²) in [6.45, 7) is 16.1. The Bertz CT molecular complexity index is 249. The van der Waals surface area contributed by atoms with Gasteiger partial charge >= 0.3 is 15.4 Å².